The highest BCUT2D eigenvalue weighted by molar-refractivity contribution is 5.94. The number of nitrogens with zero attached hydrogens (tertiary/aromatic N) is 1. The molecule has 1 amide bonds. The predicted octanol–water partition coefficient (Wildman–Crippen LogP) is 2.22. The fourth-order valence-electron chi connectivity index (χ4n) is 1.90. The lowest BCUT2D eigenvalue weighted by Gasteiger charge is -2.33. The van der Waals surface area contributed by atoms with Crippen molar-refractivity contribution in [2.75, 3.05) is 0 Å². The number of nitrogens with one attached hydrogen (secondary N) is 1. The van der Waals surface area contributed by atoms with Gasteiger partial charge in [-0.1, -0.05) is 12.2 Å². The number of hydrogen-bond donors (Lipinski definition) is 2. The first-order chi connectivity index (χ1) is 9.44. The molecular weight excluding hydrogens is 259 g/mol. The first-order valence-corrected chi connectivity index (χ1v) is 6.29. The number of halogens is 1. The minimum atomic E-state index is -1.19. The average Bonchev–Trinajstić information content (AvgIpc) is 2.39. The van der Waals surface area contributed by atoms with Gasteiger partial charge in [-0.3, -0.25) is 9.78 Å². The van der Waals surface area contributed by atoms with Crippen molar-refractivity contribution < 1.29 is 14.3 Å². The van der Waals surface area contributed by atoms with Crippen LogP contribution in [0.5, 0.6) is 0 Å². The lowest BCUT2D eigenvalue weighted by atomic mass is 9.88. The summed E-state index contributed by atoms with van der Waals surface area (Å²) in [6.07, 6.45) is 6.03. The van der Waals surface area contributed by atoms with Gasteiger partial charge in [0.15, 0.2) is 5.82 Å². The Balaban J connectivity index is 2.85. The maximum absolute atomic E-state index is 13.5. The van der Waals surface area contributed by atoms with Crippen LogP contribution in [-0.2, 0) is 0 Å². The summed E-state index contributed by atoms with van der Waals surface area (Å²) in [5.74, 6) is -1.29. The van der Waals surface area contributed by atoms with Gasteiger partial charge in [-0.05, 0) is 25.8 Å². The van der Waals surface area contributed by atoms with E-state index in [1.54, 1.807) is 19.1 Å². The van der Waals surface area contributed by atoms with E-state index < -0.39 is 23.4 Å². The Morgan fingerprint density at radius 1 is 1.55 bits per heavy atom. The molecule has 20 heavy (non-hydrogen) atoms. The van der Waals surface area contributed by atoms with Crippen LogP contribution in [0.1, 0.15) is 30.1 Å². The van der Waals surface area contributed by atoms with Gasteiger partial charge in [0.2, 0.25) is 0 Å². The number of aliphatic hydroxyl groups is 1. The van der Waals surface area contributed by atoms with Gasteiger partial charge in [-0.25, -0.2) is 4.39 Å². The van der Waals surface area contributed by atoms with Gasteiger partial charge in [0, 0.05) is 6.20 Å². The summed E-state index contributed by atoms with van der Waals surface area (Å²) >= 11 is 0. The second-order valence-corrected chi connectivity index (χ2v) is 4.64. The number of rotatable bonds is 7. The van der Waals surface area contributed by atoms with Crippen LogP contribution in [0.3, 0.4) is 0 Å². The van der Waals surface area contributed by atoms with E-state index in [0.29, 0.717) is 12.8 Å². The highest BCUT2D eigenvalue weighted by atomic mass is 19.1. The third kappa shape index (κ3) is 3.74. The molecule has 1 atom stereocenters. The molecule has 0 radical (unpaired) electrons. The molecule has 0 bridgehead atoms. The van der Waals surface area contributed by atoms with Gasteiger partial charge in [0.25, 0.3) is 5.91 Å². The molecule has 1 rings (SSSR count). The van der Waals surface area contributed by atoms with Crippen LogP contribution in [-0.4, -0.2) is 27.6 Å². The maximum atomic E-state index is 13.5. The Bertz CT molecular complexity index is 492. The van der Waals surface area contributed by atoms with Gasteiger partial charge in [0.1, 0.15) is 0 Å². The molecule has 0 saturated heterocycles. The predicted molar refractivity (Wildman–Crippen MR) is 75.7 cm³/mol. The van der Waals surface area contributed by atoms with E-state index in [4.69, 9.17) is 0 Å². The van der Waals surface area contributed by atoms with E-state index in [0.717, 1.165) is 6.20 Å². The van der Waals surface area contributed by atoms with Gasteiger partial charge in [-0.15, -0.1) is 13.2 Å². The average molecular weight is 278 g/mol. The maximum Gasteiger partial charge on any atom is 0.254 e. The highest BCUT2D eigenvalue weighted by Crippen LogP contribution is 2.21. The summed E-state index contributed by atoms with van der Waals surface area (Å²) in [6.45, 7) is 8.83. The largest absolute Gasteiger partial charge is 0.387 e. The van der Waals surface area contributed by atoms with Gasteiger partial charge >= 0.3 is 0 Å². The van der Waals surface area contributed by atoms with Gasteiger partial charge < -0.3 is 10.4 Å². The molecular formula is C15H19FN2O2. The summed E-state index contributed by atoms with van der Waals surface area (Å²) in [4.78, 5) is 15.6. The molecule has 2 N–H and O–H groups in total. The zero-order chi connectivity index (χ0) is 15.2. The number of amides is 1. The second-order valence-electron chi connectivity index (χ2n) is 4.64. The number of carbonyl (C=O) groups excluding carboxylic acids is 1. The Morgan fingerprint density at radius 2 is 2.15 bits per heavy atom. The normalized spacial score (nSPS) is 12.6. The van der Waals surface area contributed by atoms with E-state index in [1.807, 2.05) is 0 Å². The third-order valence-electron chi connectivity index (χ3n) is 3.17. The van der Waals surface area contributed by atoms with E-state index in [9.17, 15) is 14.3 Å². The molecule has 0 saturated carbocycles. The Hall–Kier alpha value is -2.01. The molecule has 1 heterocycles. The molecule has 108 valence electrons. The third-order valence-corrected chi connectivity index (χ3v) is 3.17. The van der Waals surface area contributed by atoms with Crippen molar-refractivity contribution in [1.82, 2.24) is 10.3 Å². The van der Waals surface area contributed by atoms with Crippen molar-refractivity contribution in [3.8, 4) is 0 Å². The summed E-state index contributed by atoms with van der Waals surface area (Å²) in [5, 5.41) is 13.1. The lowest BCUT2D eigenvalue weighted by Crippen LogP contribution is -2.50. The zero-order valence-electron chi connectivity index (χ0n) is 11.5. The molecule has 4 nitrogen and oxygen atoms in total. The van der Waals surface area contributed by atoms with Gasteiger partial charge in [-0.2, -0.15) is 0 Å². The van der Waals surface area contributed by atoms with Crippen molar-refractivity contribution in [3.05, 3.63) is 55.2 Å². The number of aromatic nitrogens is 1. The first kappa shape index (κ1) is 16.0. The highest BCUT2D eigenvalue weighted by Gasteiger charge is 2.32. The topological polar surface area (TPSA) is 62.2 Å². The molecule has 1 aromatic heterocycles. The smallest absolute Gasteiger partial charge is 0.254 e. The summed E-state index contributed by atoms with van der Waals surface area (Å²) in [6, 6.07) is 0.704. The van der Waals surface area contributed by atoms with Crippen molar-refractivity contribution in [2.45, 2.75) is 31.4 Å². The Morgan fingerprint density at radius 3 is 2.65 bits per heavy atom. The Labute approximate surface area is 118 Å². The van der Waals surface area contributed by atoms with Crippen molar-refractivity contribution >= 4 is 5.91 Å². The van der Waals surface area contributed by atoms with E-state index in [-0.39, 0.29) is 5.56 Å². The number of carbonyl (C=O) groups is 1. The van der Waals surface area contributed by atoms with Gasteiger partial charge in [0.05, 0.1) is 23.4 Å². The van der Waals surface area contributed by atoms with E-state index >= 15 is 0 Å². The van der Waals surface area contributed by atoms with Crippen LogP contribution >= 0.6 is 0 Å². The molecule has 1 unspecified atom stereocenters. The number of pyridine rings is 1. The molecule has 0 fully saturated rings. The fraction of sp³-hybridized carbons (Fsp3) is 0.333. The fourth-order valence-corrected chi connectivity index (χ4v) is 1.90. The number of hydrogen-bond acceptors (Lipinski definition) is 3. The minimum absolute atomic E-state index is 0.105. The first-order valence-electron chi connectivity index (χ1n) is 6.29. The molecule has 0 spiro atoms. The van der Waals surface area contributed by atoms with Crippen LogP contribution in [0.2, 0.25) is 0 Å². The van der Waals surface area contributed by atoms with Crippen molar-refractivity contribution in [3.63, 3.8) is 0 Å². The molecule has 0 aliphatic heterocycles. The van der Waals surface area contributed by atoms with Crippen LogP contribution in [0.4, 0.5) is 4.39 Å². The van der Waals surface area contributed by atoms with Crippen LogP contribution < -0.4 is 5.32 Å². The van der Waals surface area contributed by atoms with E-state index in [1.165, 1.54) is 12.3 Å². The second kappa shape index (κ2) is 6.96. The van der Waals surface area contributed by atoms with Crippen LogP contribution in [0, 0.1) is 5.82 Å². The SMILES string of the molecule is C=CCC(O)(CC=C)C(C)NC(=O)c1ccncc1F. The Kier molecular flexibility index (Phi) is 5.58. The molecule has 0 aromatic carbocycles. The summed E-state index contributed by atoms with van der Waals surface area (Å²) in [5.41, 5.74) is -1.30. The zero-order valence-corrected chi connectivity index (χ0v) is 11.5. The quantitative estimate of drug-likeness (QED) is 0.752. The molecule has 1 aromatic rings. The van der Waals surface area contributed by atoms with Crippen LogP contribution in [0.15, 0.2) is 43.8 Å². The molecule has 5 heteroatoms. The van der Waals surface area contributed by atoms with Crippen LogP contribution in [0.25, 0.3) is 0 Å². The van der Waals surface area contributed by atoms with Crippen molar-refractivity contribution in [1.29, 1.82) is 0 Å². The molecule has 0 aliphatic rings. The van der Waals surface area contributed by atoms with E-state index in [2.05, 4.69) is 23.5 Å². The minimum Gasteiger partial charge on any atom is -0.387 e. The van der Waals surface area contributed by atoms with Crippen molar-refractivity contribution in [2.24, 2.45) is 0 Å². The lowest BCUT2D eigenvalue weighted by molar-refractivity contribution is 0.0127. The monoisotopic (exact) mass is 278 g/mol. The molecule has 0 aliphatic carbocycles. The summed E-state index contributed by atoms with van der Waals surface area (Å²) < 4.78 is 13.5. The summed E-state index contributed by atoms with van der Waals surface area (Å²) in [7, 11) is 0. The standard InChI is InChI=1S/C15H19FN2O2/c1-4-7-15(20,8-5-2)11(3)18-14(19)12-6-9-17-10-13(12)16/h4-6,9-11,20H,1-2,7-8H2,3H3,(H,18,19).